The monoisotopic (exact) mass is 445 g/mol. The van der Waals surface area contributed by atoms with Crippen molar-refractivity contribution in [2.24, 2.45) is 5.92 Å². The molecule has 3 nitrogen and oxygen atoms in total. The SMILES string of the molecule is C#C.C/C=C\C(=C/CC)c1[nH]c2ccc(C3CCN(C[C@@H]4CCNC4)CC3)cc2c1C(C)C. The number of rotatable bonds is 7. The molecule has 0 bridgehead atoms. The smallest absolute Gasteiger partial charge is 0.0496 e. The molecule has 33 heavy (non-hydrogen) atoms. The van der Waals surface area contributed by atoms with Crippen LogP contribution in [0.4, 0.5) is 0 Å². The Balaban J connectivity index is 0.00000149. The zero-order valence-electron chi connectivity index (χ0n) is 21.2. The van der Waals surface area contributed by atoms with Crippen LogP contribution >= 0.6 is 0 Å². The van der Waals surface area contributed by atoms with Gasteiger partial charge in [0.2, 0.25) is 0 Å². The summed E-state index contributed by atoms with van der Waals surface area (Å²) in [6.45, 7) is 15.2. The Bertz CT molecular complexity index is 961. The fourth-order valence-corrected chi connectivity index (χ4v) is 5.65. The molecular formula is C30H43N3. The molecule has 2 aliphatic rings. The molecule has 0 aliphatic carbocycles. The predicted molar refractivity (Wildman–Crippen MR) is 145 cm³/mol. The van der Waals surface area contributed by atoms with Crippen molar-refractivity contribution in [1.82, 2.24) is 15.2 Å². The Labute approximate surface area is 201 Å². The molecule has 2 fully saturated rings. The minimum atomic E-state index is 0.492. The number of piperidine rings is 1. The third-order valence-electron chi connectivity index (χ3n) is 7.24. The minimum absolute atomic E-state index is 0.492. The number of benzene rings is 1. The van der Waals surface area contributed by atoms with Crippen LogP contribution in [-0.4, -0.2) is 42.6 Å². The van der Waals surface area contributed by atoms with Gasteiger partial charge in [-0.05, 0) is 105 Å². The normalized spacial score (nSPS) is 20.6. The highest BCUT2D eigenvalue weighted by Crippen LogP contribution is 2.37. The number of nitrogens with zero attached hydrogens (tertiary/aromatic N) is 1. The van der Waals surface area contributed by atoms with Crippen LogP contribution < -0.4 is 5.32 Å². The zero-order chi connectivity index (χ0) is 23.8. The highest BCUT2D eigenvalue weighted by atomic mass is 15.1. The molecule has 2 saturated heterocycles. The van der Waals surface area contributed by atoms with Crippen molar-refractivity contribution in [3.63, 3.8) is 0 Å². The Morgan fingerprint density at radius 3 is 2.55 bits per heavy atom. The molecule has 0 unspecified atom stereocenters. The van der Waals surface area contributed by atoms with Gasteiger partial charge < -0.3 is 15.2 Å². The van der Waals surface area contributed by atoms with E-state index in [0.29, 0.717) is 11.8 Å². The van der Waals surface area contributed by atoms with Crippen molar-refractivity contribution in [1.29, 1.82) is 0 Å². The summed E-state index contributed by atoms with van der Waals surface area (Å²) in [4.78, 5) is 6.47. The van der Waals surface area contributed by atoms with Gasteiger partial charge in [0.05, 0.1) is 0 Å². The summed E-state index contributed by atoms with van der Waals surface area (Å²) >= 11 is 0. The lowest BCUT2D eigenvalue weighted by atomic mass is 9.87. The first-order chi connectivity index (χ1) is 16.1. The molecule has 3 heteroatoms. The Morgan fingerprint density at radius 1 is 1.18 bits per heavy atom. The summed E-state index contributed by atoms with van der Waals surface area (Å²) in [6.07, 6.45) is 19.7. The van der Waals surface area contributed by atoms with E-state index >= 15 is 0 Å². The summed E-state index contributed by atoms with van der Waals surface area (Å²) in [5.41, 5.74) is 6.92. The molecule has 4 rings (SSSR count). The van der Waals surface area contributed by atoms with Crippen molar-refractivity contribution < 1.29 is 0 Å². The summed E-state index contributed by atoms with van der Waals surface area (Å²) in [5, 5.41) is 4.94. The molecule has 0 radical (unpaired) electrons. The maximum Gasteiger partial charge on any atom is 0.0496 e. The molecule has 0 saturated carbocycles. The topological polar surface area (TPSA) is 31.1 Å². The molecule has 2 N–H and O–H groups in total. The second-order valence-electron chi connectivity index (χ2n) is 9.87. The third-order valence-corrected chi connectivity index (χ3v) is 7.24. The van der Waals surface area contributed by atoms with Crippen molar-refractivity contribution in [2.75, 3.05) is 32.7 Å². The maximum absolute atomic E-state index is 4.00. The molecule has 1 aromatic carbocycles. The second-order valence-corrected chi connectivity index (χ2v) is 9.87. The lowest BCUT2D eigenvalue weighted by molar-refractivity contribution is 0.187. The average molecular weight is 446 g/mol. The van der Waals surface area contributed by atoms with Crippen molar-refractivity contribution in [3.05, 3.63) is 53.2 Å². The van der Waals surface area contributed by atoms with Gasteiger partial charge in [-0.15, -0.1) is 12.8 Å². The highest BCUT2D eigenvalue weighted by Gasteiger charge is 2.25. The molecule has 0 amide bonds. The van der Waals surface area contributed by atoms with E-state index in [1.54, 1.807) is 0 Å². The van der Waals surface area contributed by atoms with Crippen molar-refractivity contribution in [2.45, 2.75) is 65.2 Å². The molecule has 0 spiro atoms. The van der Waals surface area contributed by atoms with Crippen LogP contribution in [0.5, 0.6) is 0 Å². The van der Waals surface area contributed by atoms with Gasteiger partial charge in [-0.1, -0.05) is 45.1 Å². The number of aromatic amines is 1. The number of likely N-dealkylation sites (tertiary alicyclic amines) is 1. The van der Waals surface area contributed by atoms with Gasteiger partial charge in [0.1, 0.15) is 0 Å². The first-order valence-corrected chi connectivity index (χ1v) is 12.9. The van der Waals surface area contributed by atoms with Gasteiger partial charge in [0.25, 0.3) is 0 Å². The first kappa shape index (κ1) is 25.3. The number of H-pyrrole nitrogens is 1. The standard InChI is InChI=1S/C28H41N3.C2H2/c1-5-7-23(8-6-2)28-27(20(3)4)25-17-24(9-10-26(25)30-28)22-12-15-31(16-13-22)19-21-11-14-29-18-21;1-2/h5,7-10,17,20-22,29-30H,6,11-16,18-19H2,1-4H3;1-2H/b7-5-,23-8+;/t21-;/m1./s1. The van der Waals surface area contributed by atoms with E-state index < -0.39 is 0 Å². The fourth-order valence-electron chi connectivity index (χ4n) is 5.65. The van der Waals surface area contributed by atoms with Crippen LogP contribution in [0.1, 0.15) is 82.0 Å². The number of hydrogen-bond acceptors (Lipinski definition) is 2. The van der Waals surface area contributed by atoms with Gasteiger partial charge in [0.15, 0.2) is 0 Å². The fraction of sp³-hybridized carbons (Fsp3) is 0.533. The molecule has 2 aliphatic heterocycles. The largest absolute Gasteiger partial charge is 0.354 e. The number of terminal acetylenes is 1. The van der Waals surface area contributed by atoms with E-state index in [4.69, 9.17) is 0 Å². The third kappa shape index (κ3) is 5.99. The molecule has 178 valence electrons. The van der Waals surface area contributed by atoms with Crippen LogP contribution in [0.2, 0.25) is 0 Å². The number of allylic oxidation sites excluding steroid dienone is 4. The van der Waals surface area contributed by atoms with E-state index in [-0.39, 0.29) is 0 Å². The first-order valence-electron chi connectivity index (χ1n) is 12.9. The molecule has 1 atom stereocenters. The van der Waals surface area contributed by atoms with Gasteiger partial charge in [0, 0.05) is 23.1 Å². The van der Waals surface area contributed by atoms with Crippen LogP contribution in [0.15, 0.2) is 36.4 Å². The Kier molecular flexibility index (Phi) is 9.41. The lowest BCUT2D eigenvalue weighted by Gasteiger charge is -2.33. The summed E-state index contributed by atoms with van der Waals surface area (Å²) < 4.78 is 0. The Morgan fingerprint density at radius 2 is 1.94 bits per heavy atom. The van der Waals surface area contributed by atoms with E-state index in [2.05, 4.69) is 92.2 Å². The van der Waals surface area contributed by atoms with Gasteiger partial charge >= 0.3 is 0 Å². The van der Waals surface area contributed by atoms with Gasteiger partial charge in [-0.3, -0.25) is 0 Å². The van der Waals surface area contributed by atoms with Crippen molar-refractivity contribution >= 4 is 16.5 Å². The molecule has 2 aromatic rings. The number of aromatic nitrogens is 1. The van der Waals surface area contributed by atoms with Crippen LogP contribution in [0, 0.1) is 18.8 Å². The average Bonchev–Trinajstić information content (AvgIpc) is 3.48. The number of nitrogens with one attached hydrogen (secondary N) is 2. The maximum atomic E-state index is 4.00. The van der Waals surface area contributed by atoms with Gasteiger partial charge in [-0.2, -0.15) is 0 Å². The number of hydrogen-bond donors (Lipinski definition) is 2. The molecule has 1 aromatic heterocycles. The van der Waals surface area contributed by atoms with Gasteiger partial charge in [-0.25, -0.2) is 0 Å². The lowest BCUT2D eigenvalue weighted by Crippen LogP contribution is -2.37. The van der Waals surface area contributed by atoms with Crippen molar-refractivity contribution in [3.8, 4) is 12.8 Å². The summed E-state index contributed by atoms with van der Waals surface area (Å²) in [6, 6.07) is 7.22. The highest BCUT2D eigenvalue weighted by molar-refractivity contribution is 5.92. The zero-order valence-corrected chi connectivity index (χ0v) is 21.2. The predicted octanol–water partition coefficient (Wildman–Crippen LogP) is 6.70. The van der Waals surface area contributed by atoms with E-state index in [1.807, 2.05) is 0 Å². The summed E-state index contributed by atoms with van der Waals surface area (Å²) in [7, 11) is 0. The summed E-state index contributed by atoms with van der Waals surface area (Å²) in [5.74, 6) is 2.05. The van der Waals surface area contributed by atoms with Crippen LogP contribution in [0.3, 0.4) is 0 Å². The molecular weight excluding hydrogens is 402 g/mol. The van der Waals surface area contributed by atoms with Crippen LogP contribution in [0.25, 0.3) is 16.5 Å². The number of fused-ring (bicyclic) bond motifs is 1. The van der Waals surface area contributed by atoms with E-state index in [0.717, 1.165) is 12.3 Å². The second kappa shape index (κ2) is 12.3. The quantitative estimate of drug-likeness (QED) is 0.367. The Hall–Kier alpha value is -2.28. The molecule has 3 heterocycles. The minimum Gasteiger partial charge on any atom is -0.354 e. The van der Waals surface area contributed by atoms with Crippen LogP contribution in [-0.2, 0) is 0 Å². The van der Waals surface area contributed by atoms with E-state index in [1.165, 1.54) is 85.3 Å². The van der Waals surface area contributed by atoms with E-state index in [9.17, 15) is 0 Å².